The molecule has 1 aliphatic heterocycles. The van der Waals surface area contributed by atoms with Crippen LogP contribution in [0.15, 0.2) is 24.3 Å². The molecule has 0 bridgehead atoms. The standard InChI is InChI=1S/C19H28N2O2/c1-14(15-3-4-15)13-19(22)20-16-9-11-21(12-10-16)17-5-7-18(23-2)8-6-17/h5-8,14-16H,3-4,9-13H2,1-2H3,(H,20,22)/t14-/m1/s1. The highest BCUT2D eigenvalue weighted by molar-refractivity contribution is 5.76. The maximum absolute atomic E-state index is 12.1. The number of ether oxygens (including phenoxy) is 1. The van der Waals surface area contributed by atoms with Gasteiger partial charge in [-0.25, -0.2) is 0 Å². The molecule has 1 amide bonds. The molecular weight excluding hydrogens is 288 g/mol. The highest BCUT2D eigenvalue weighted by Crippen LogP contribution is 2.38. The summed E-state index contributed by atoms with van der Waals surface area (Å²) in [6.07, 6.45) is 5.37. The summed E-state index contributed by atoms with van der Waals surface area (Å²) in [4.78, 5) is 14.5. The third-order valence-corrected chi connectivity index (χ3v) is 5.23. The molecule has 126 valence electrons. The first kappa shape index (κ1) is 16.2. The predicted molar refractivity (Wildman–Crippen MR) is 92.9 cm³/mol. The Morgan fingerprint density at radius 3 is 2.43 bits per heavy atom. The molecule has 0 spiro atoms. The lowest BCUT2D eigenvalue weighted by molar-refractivity contribution is -0.122. The third-order valence-electron chi connectivity index (χ3n) is 5.23. The summed E-state index contributed by atoms with van der Waals surface area (Å²) in [6.45, 7) is 4.20. The molecule has 4 nitrogen and oxygen atoms in total. The van der Waals surface area contributed by atoms with E-state index in [4.69, 9.17) is 4.74 Å². The number of nitrogens with one attached hydrogen (secondary N) is 1. The zero-order valence-corrected chi connectivity index (χ0v) is 14.3. The first-order valence-electron chi connectivity index (χ1n) is 8.84. The van der Waals surface area contributed by atoms with Crippen LogP contribution in [0.3, 0.4) is 0 Å². The summed E-state index contributed by atoms with van der Waals surface area (Å²) < 4.78 is 5.20. The van der Waals surface area contributed by atoms with Crippen molar-refractivity contribution in [1.82, 2.24) is 5.32 Å². The van der Waals surface area contributed by atoms with Crippen molar-refractivity contribution in [3.63, 3.8) is 0 Å². The van der Waals surface area contributed by atoms with Crippen LogP contribution in [0.25, 0.3) is 0 Å². The number of benzene rings is 1. The Morgan fingerprint density at radius 2 is 1.87 bits per heavy atom. The fourth-order valence-corrected chi connectivity index (χ4v) is 3.49. The molecule has 3 rings (SSSR count). The van der Waals surface area contributed by atoms with Gasteiger partial charge in [0.15, 0.2) is 0 Å². The van der Waals surface area contributed by atoms with Crippen LogP contribution in [0, 0.1) is 11.8 Å². The van der Waals surface area contributed by atoms with Crippen LogP contribution in [0.4, 0.5) is 5.69 Å². The van der Waals surface area contributed by atoms with Crippen molar-refractivity contribution in [2.75, 3.05) is 25.1 Å². The maximum Gasteiger partial charge on any atom is 0.220 e. The third kappa shape index (κ3) is 4.40. The lowest BCUT2D eigenvalue weighted by atomic mass is 10.00. The molecular formula is C19H28N2O2. The number of carbonyl (C=O) groups is 1. The molecule has 1 saturated heterocycles. The fraction of sp³-hybridized carbons (Fsp3) is 0.632. The van der Waals surface area contributed by atoms with Crippen LogP contribution in [0.1, 0.15) is 39.0 Å². The molecule has 4 heteroatoms. The Morgan fingerprint density at radius 1 is 1.22 bits per heavy atom. The van der Waals surface area contributed by atoms with Gasteiger partial charge in [0.2, 0.25) is 5.91 Å². The minimum absolute atomic E-state index is 0.243. The van der Waals surface area contributed by atoms with Crippen molar-refractivity contribution >= 4 is 11.6 Å². The minimum atomic E-state index is 0.243. The van der Waals surface area contributed by atoms with Crippen LogP contribution < -0.4 is 15.0 Å². The number of nitrogens with zero attached hydrogens (tertiary/aromatic N) is 1. The van der Waals surface area contributed by atoms with E-state index in [1.165, 1.54) is 18.5 Å². The molecule has 1 heterocycles. The lowest BCUT2D eigenvalue weighted by Crippen LogP contribution is -2.45. The topological polar surface area (TPSA) is 41.6 Å². The number of rotatable bonds is 6. The van der Waals surface area contributed by atoms with Crippen LogP contribution in [0.5, 0.6) is 5.75 Å². The molecule has 1 N–H and O–H groups in total. The quantitative estimate of drug-likeness (QED) is 0.876. The fourth-order valence-electron chi connectivity index (χ4n) is 3.49. The molecule has 1 saturated carbocycles. The van der Waals surface area contributed by atoms with Crippen molar-refractivity contribution in [3.05, 3.63) is 24.3 Å². The normalized spacial score (nSPS) is 20.2. The highest BCUT2D eigenvalue weighted by atomic mass is 16.5. The average molecular weight is 316 g/mol. The van der Waals surface area contributed by atoms with Gasteiger partial charge in [-0.3, -0.25) is 4.79 Å². The molecule has 1 aliphatic carbocycles. The van der Waals surface area contributed by atoms with Gasteiger partial charge in [0.05, 0.1) is 7.11 Å². The second-order valence-corrected chi connectivity index (χ2v) is 7.05. The van der Waals surface area contributed by atoms with Gasteiger partial charge in [-0.05, 0) is 61.8 Å². The van der Waals surface area contributed by atoms with Crippen molar-refractivity contribution in [3.8, 4) is 5.75 Å². The molecule has 0 aromatic heterocycles. The Balaban J connectivity index is 1.43. The number of piperidine rings is 1. The number of methoxy groups -OCH3 is 1. The zero-order valence-electron chi connectivity index (χ0n) is 14.3. The Kier molecular flexibility index (Phi) is 5.09. The van der Waals surface area contributed by atoms with E-state index >= 15 is 0 Å². The van der Waals surface area contributed by atoms with Gasteiger partial charge in [-0.2, -0.15) is 0 Å². The van der Waals surface area contributed by atoms with E-state index in [2.05, 4.69) is 29.3 Å². The molecule has 23 heavy (non-hydrogen) atoms. The Bertz CT molecular complexity index is 517. The summed E-state index contributed by atoms with van der Waals surface area (Å²) in [6, 6.07) is 8.55. The highest BCUT2D eigenvalue weighted by Gasteiger charge is 2.30. The summed E-state index contributed by atoms with van der Waals surface area (Å²) in [5.74, 6) is 2.49. The molecule has 2 fully saturated rings. The summed E-state index contributed by atoms with van der Waals surface area (Å²) >= 11 is 0. The van der Waals surface area contributed by atoms with E-state index < -0.39 is 0 Å². The average Bonchev–Trinajstić information content (AvgIpc) is 3.40. The second-order valence-electron chi connectivity index (χ2n) is 7.05. The summed E-state index contributed by atoms with van der Waals surface area (Å²) in [7, 11) is 1.69. The van der Waals surface area contributed by atoms with Crippen molar-refractivity contribution in [1.29, 1.82) is 0 Å². The van der Waals surface area contributed by atoms with Crippen molar-refractivity contribution in [2.45, 2.75) is 45.1 Å². The number of hydrogen-bond donors (Lipinski definition) is 1. The van der Waals surface area contributed by atoms with Gasteiger partial charge in [0.25, 0.3) is 0 Å². The number of amides is 1. The summed E-state index contributed by atoms with van der Waals surface area (Å²) in [5, 5.41) is 3.24. The molecule has 0 radical (unpaired) electrons. The van der Waals surface area contributed by atoms with Gasteiger partial charge >= 0.3 is 0 Å². The van der Waals surface area contributed by atoms with E-state index in [9.17, 15) is 4.79 Å². The van der Waals surface area contributed by atoms with Gasteiger partial charge in [0, 0.05) is 31.2 Å². The van der Waals surface area contributed by atoms with E-state index in [0.29, 0.717) is 18.4 Å². The smallest absolute Gasteiger partial charge is 0.220 e. The van der Waals surface area contributed by atoms with Crippen LogP contribution >= 0.6 is 0 Å². The lowest BCUT2D eigenvalue weighted by Gasteiger charge is -2.34. The minimum Gasteiger partial charge on any atom is -0.497 e. The Hall–Kier alpha value is -1.71. The maximum atomic E-state index is 12.1. The molecule has 1 aromatic rings. The van der Waals surface area contributed by atoms with E-state index in [0.717, 1.165) is 37.6 Å². The number of carbonyl (C=O) groups excluding carboxylic acids is 1. The van der Waals surface area contributed by atoms with E-state index in [1.807, 2.05) is 12.1 Å². The van der Waals surface area contributed by atoms with Gasteiger partial charge in [-0.15, -0.1) is 0 Å². The van der Waals surface area contributed by atoms with Crippen LogP contribution in [0.2, 0.25) is 0 Å². The van der Waals surface area contributed by atoms with Gasteiger partial charge < -0.3 is 15.0 Å². The van der Waals surface area contributed by atoms with Gasteiger partial charge in [-0.1, -0.05) is 6.92 Å². The molecule has 2 aliphatic rings. The SMILES string of the molecule is COc1ccc(N2CCC(NC(=O)C[C@@H](C)C3CC3)CC2)cc1. The molecule has 0 unspecified atom stereocenters. The summed E-state index contributed by atoms with van der Waals surface area (Å²) in [5.41, 5.74) is 1.23. The Labute approximate surface area is 139 Å². The van der Waals surface area contributed by atoms with Crippen molar-refractivity contribution in [2.24, 2.45) is 11.8 Å². The number of anilines is 1. The first-order valence-corrected chi connectivity index (χ1v) is 8.84. The van der Waals surface area contributed by atoms with Crippen molar-refractivity contribution < 1.29 is 9.53 Å². The van der Waals surface area contributed by atoms with Crippen LogP contribution in [-0.2, 0) is 4.79 Å². The second kappa shape index (κ2) is 7.24. The predicted octanol–water partition coefficient (Wildman–Crippen LogP) is 3.22. The van der Waals surface area contributed by atoms with E-state index in [-0.39, 0.29) is 5.91 Å². The largest absolute Gasteiger partial charge is 0.497 e. The molecule has 1 atom stereocenters. The van der Waals surface area contributed by atoms with Crippen LogP contribution in [-0.4, -0.2) is 32.1 Å². The number of hydrogen-bond acceptors (Lipinski definition) is 3. The monoisotopic (exact) mass is 316 g/mol. The first-order chi connectivity index (χ1) is 11.2. The van der Waals surface area contributed by atoms with E-state index in [1.54, 1.807) is 7.11 Å². The zero-order chi connectivity index (χ0) is 16.2. The molecule has 1 aromatic carbocycles. The van der Waals surface area contributed by atoms with Gasteiger partial charge in [0.1, 0.15) is 5.75 Å².